The van der Waals surface area contributed by atoms with Crippen molar-refractivity contribution in [2.45, 2.75) is 26.4 Å². The predicted molar refractivity (Wildman–Crippen MR) is 93.5 cm³/mol. The summed E-state index contributed by atoms with van der Waals surface area (Å²) in [6.45, 7) is 6.12. The molecule has 0 saturated carbocycles. The summed E-state index contributed by atoms with van der Waals surface area (Å²) in [7, 11) is 0. The van der Waals surface area contributed by atoms with Gasteiger partial charge in [-0.3, -0.25) is 0 Å². The Balaban J connectivity index is 1.88. The van der Waals surface area contributed by atoms with Crippen LogP contribution in [-0.4, -0.2) is 29.7 Å². The maximum Gasteiger partial charge on any atom is 0.138 e. The van der Waals surface area contributed by atoms with Crippen molar-refractivity contribution in [1.82, 2.24) is 9.97 Å². The second-order valence-electron chi connectivity index (χ2n) is 5.57. The first kappa shape index (κ1) is 16.5. The number of hydrogen-bond acceptors (Lipinski definition) is 4. The van der Waals surface area contributed by atoms with Crippen LogP contribution in [0.15, 0.2) is 24.3 Å². The van der Waals surface area contributed by atoms with Gasteiger partial charge in [0, 0.05) is 23.7 Å². The van der Waals surface area contributed by atoms with Gasteiger partial charge in [-0.15, -0.1) is 0 Å². The number of aromatic nitrogens is 2. The van der Waals surface area contributed by atoms with Crippen molar-refractivity contribution >= 4 is 29.0 Å². The molecule has 0 aliphatic carbocycles. The third-order valence-corrected chi connectivity index (χ3v) is 4.57. The van der Waals surface area contributed by atoms with Crippen molar-refractivity contribution in [2.24, 2.45) is 0 Å². The van der Waals surface area contributed by atoms with E-state index in [0.717, 1.165) is 41.5 Å². The molecule has 1 fully saturated rings. The highest BCUT2D eigenvalue weighted by Crippen LogP contribution is 2.30. The molecule has 1 aliphatic heterocycles. The van der Waals surface area contributed by atoms with Gasteiger partial charge in [0.25, 0.3) is 0 Å². The number of morpholine rings is 1. The molecule has 2 aromatic rings. The molecule has 0 radical (unpaired) electrons. The molecule has 1 aromatic carbocycles. The van der Waals surface area contributed by atoms with Crippen molar-refractivity contribution in [3.63, 3.8) is 0 Å². The van der Waals surface area contributed by atoms with Crippen LogP contribution < -0.4 is 4.90 Å². The van der Waals surface area contributed by atoms with Crippen LogP contribution >= 0.6 is 23.2 Å². The minimum atomic E-state index is -0.000213. The minimum Gasteiger partial charge on any atom is -0.370 e. The van der Waals surface area contributed by atoms with Crippen molar-refractivity contribution in [1.29, 1.82) is 0 Å². The van der Waals surface area contributed by atoms with Crippen molar-refractivity contribution in [3.8, 4) is 0 Å². The summed E-state index contributed by atoms with van der Waals surface area (Å²) < 4.78 is 5.93. The lowest BCUT2D eigenvalue weighted by Crippen LogP contribution is -2.39. The van der Waals surface area contributed by atoms with Gasteiger partial charge in [0.15, 0.2) is 0 Å². The molecule has 2 heterocycles. The van der Waals surface area contributed by atoms with Crippen LogP contribution in [0, 0.1) is 6.92 Å². The Morgan fingerprint density at radius 3 is 2.65 bits per heavy atom. The van der Waals surface area contributed by atoms with E-state index in [1.807, 2.05) is 31.2 Å². The lowest BCUT2D eigenvalue weighted by Gasteiger charge is -2.35. The largest absolute Gasteiger partial charge is 0.370 e. The monoisotopic (exact) mass is 351 g/mol. The molecular formula is C17H19Cl2N3O. The maximum absolute atomic E-state index is 6.30. The summed E-state index contributed by atoms with van der Waals surface area (Å²) in [6, 6.07) is 7.80. The lowest BCUT2D eigenvalue weighted by molar-refractivity contribution is 0.0394. The smallest absolute Gasteiger partial charge is 0.138 e. The number of rotatable bonds is 3. The second kappa shape index (κ2) is 7.04. The van der Waals surface area contributed by atoms with Crippen molar-refractivity contribution in [2.75, 3.05) is 24.6 Å². The molecule has 1 atom stereocenters. The van der Waals surface area contributed by atoms with Gasteiger partial charge in [-0.05, 0) is 31.0 Å². The number of halogens is 2. The van der Waals surface area contributed by atoms with Crippen LogP contribution in [0.4, 0.5) is 5.82 Å². The summed E-state index contributed by atoms with van der Waals surface area (Å²) in [5, 5.41) is 1.28. The molecule has 3 rings (SSSR count). The van der Waals surface area contributed by atoms with Crippen LogP contribution in [0.1, 0.15) is 30.0 Å². The summed E-state index contributed by atoms with van der Waals surface area (Å²) in [6.07, 6.45) is 0.803. The molecule has 0 amide bonds. The first-order valence-corrected chi connectivity index (χ1v) is 8.49. The van der Waals surface area contributed by atoms with E-state index < -0.39 is 0 Å². The summed E-state index contributed by atoms with van der Waals surface area (Å²) in [5.74, 6) is 1.61. The van der Waals surface area contributed by atoms with Gasteiger partial charge in [-0.1, -0.05) is 42.3 Å². The molecule has 122 valence electrons. The molecule has 1 unspecified atom stereocenters. The third kappa shape index (κ3) is 3.60. The van der Waals surface area contributed by atoms with E-state index in [1.54, 1.807) is 0 Å². The van der Waals surface area contributed by atoms with E-state index in [0.29, 0.717) is 17.6 Å². The first-order chi connectivity index (χ1) is 11.1. The predicted octanol–water partition coefficient (Wildman–Crippen LogP) is 4.23. The molecule has 23 heavy (non-hydrogen) atoms. The van der Waals surface area contributed by atoms with Crippen molar-refractivity contribution in [3.05, 3.63) is 51.4 Å². The highest BCUT2D eigenvalue weighted by Gasteiger charge is 2.25. The number of hydrogen-bond donors (Lipinski definition) is 0. The number of benzene rings is 1. The van der Waals surface area contributed by atoms with Crippen molar-refractivity contribution < 1.29 is 4.74 Å². The Morgan fingerprint density at radius 1 is 1.22 bits per heavy atom. The summed E-state index contributed by atoms with van der Waals surface area (Å²) in [5.41, 5.74) is 2.11. The fourth-order valence-corrected chi connectivity index (χ4v) is 3.30. The molecular weight excluding hydrogens is 333 g/mol. The van der Waals surface area contributed by atoms with Gasteiger partial charge in [-0.2, -0.15) is 0 Å². The Labute approximate surface area is 146 Å². The van der Waals surface area contributed by atoms with Crippen LogP contribution in [0.3, 0.4) is 0 Å². The van der Waals surface area contributed by atoms with E-state index in [4.69, 9.17) is 27.9 Å². The zero-order valence-corrected chi connectivity index (χ0v) is 14.7. The van der Waals surface area contributed by atoms with Crippen LogP contribution in [0.5, 0.6) is 0 Å². The molecule has 0 bridgehead atoms. The van der Waals surface area contributed by atoms with Crippen LogP contribution in [-0.2, 0) is 11.2 Å². The second-order valence-corrected chi connectivity index (χ2v) is 6.37. The van der Waals surface area contributed by atoms with Gasteiger partial charge in [0.2, 0.25) is 0 Å². The Hall–Kier alpha value is -1.36. The van der Waals surface area contributed by atoms with E-state index in [-0.39, 0.29) is 6.10 Å². The van der Waals surface area contributed by atoms with Gasteiger partial charge in [0.1, 0.15) is 22.9 Å². The van der Waals surface area contributed by atoms with Gasteiger partial charge < -0.3 is 9.64 Å². The Kier molecular flexibility index (Phi) is 5.05. The zero-order valence-electron chi connectivity index (χ0n) is 13.2. The van der Waals surface area contributed by atoms with Crippen LogP contribution in [0.2, 0.25) is 10.2 Å². The SMILES string of the molecule is CCc1c(Cl)nc(C)nc1N1CCOC(c2ccc(Cl)cc2)C1. The molecule has 1 saturated heterocycles. The summed E-state index contributed by atoms with van der Waals surface area (Å²) in [4.78, 5) is 11.1. The Bertz CT molecular complexity index is 691. The highest BCUT2D eigenvalue weighted by molar-refractivity contribution is 6.30. The zero-order chi connectivity index (χ0) is 16.4. The highest BCUT2D eigenvalue weighted by atomic mass is 35.5. The van der Waals surface area contributed by atoms with Gasteiger partial charge in [0.05, 0.1) is 6.61 Å². The fraction of sp³-hybridized carbons (Fsp3) is 0.412. The lowest BCUT2D eigenvalue weighted by atomic mass is 10.1. The molecule has 1 aromatic heterocycles. The summed E-state index contributed by atoms with van der Waals surface area (Å²) >= 11 is 12.3. The van der Waals surface area contributed by atoms with E-state index in [1.165, 1.54) is 0 Å². The quantitative estimate of drug-likeness (QED) is 0.775. The number of anilines is 1. The number of nitrogens with zero attached hydrogens (tertiary/aromatic N) is 3. The third-order valence-electron chi connectivity index (χ3n) is 4.01. The molecule has 6 heteroatoms. The van der Waals surface area contributed by atoms with Crippen LogP contribution in [0.25, 0.3) is 0 Å². The number of ether oxygens (including phenoxy) is 1. The van der Waals surface area contributed by atoms with E-state index in [2.05, 4.69) is 21.8 Å². The standard InChI is InChI=1S/C17H19Cl2N3O/c1-3-14-16(19)20-11(2)21-17(14)22-8-9-23-15(10-22)12-4-6-13(18)7-5-12/h4-7,15H,3,8-10H2,1-2H3. The minimum absolute atomic E-state index is 0.000213. The molecule has 4 nitrogen and oxygen atoms in total. The Morgan fingerprint density at radius 2 is 1.96 bits per heavy atom. The average molecular weight is 352 g/mol. The first-order valence-electron chi connectivity index (χ1n) is 7.73. The molecule has 1 aliphatic rings. The topological polar surface area (TPSA) is 38.2 Å². The van der Waals surface area contributed by atoms with E-state index >= 15 is 0 Å². The number of aryl methyl sites for hydroxylation is 1. The van der Waals surface area contributed by atoms with Gasteiger partial charge >= 0.3 is 0 Å². The molecule has 0 N–H and O–H groups in total. The fourth-order valence-electron chi connectivity index (χ4n) is 2.83. The molecule has 0 spiro atoms. The van der Waals surface area contributed by atoms with Gasteiger partial charge in [-0.25, -0.2) is 9.97 Å². The van der Waals surface area contributed by atoms with E-state index in [9.17, 15) is 0 Å². The normalized spacial score (nSPS) is 18.3. The average Bonchev–Trinajstić information content (AvgIpc) is 2.55. The maximum atomic E-state index is 6.30.